The molecule has 0 saturated carbocycles. The van der Waals surface area contributed by atoms with Crippen LogP contribution in [-0.2, 0) is 14.3 Å². The molecule has 0 aromatic heterocycles. The van der Waals surface area contributed by atoms with Crippen LogP contribution in [0.5, 0.6) is 0 Å². The molecule has 3 nitrogen and oxygen atoms in total. The second-order valence-corrected chi connectivity index (χ2v) is 3.21. The molecule has 3 heteroatoms. The molecule has 0 unspecified atom stereocenters. The van der Waals surface area contributed by atoms with Gasteiger partial charge in [-0.1, -0.05) is 57.4 Å². The van der Waals surface area contributed by atoms with Crippen molar-refractivity contribution in [3.63, 3.8) is 0 Å². The zero-order valence-electron chi connectivity index (χ0n) is 13.4. The van der Waals surface area contributed by atoms with E-state index in [9.17, 15) is 4.79 Å². The minimum Gasteiger partial charge on any atom is -0.380 e. The minimum absolute atomic E-state index is 0.220. The predicted octanol–water partition coefficient (Wildman–Crippen LogP) is 4.13. The van der Waals surface area contributed by atoms with Crippen LogP contribution in [0, 0.1) is 0 Å². The van der Waals surface area contributed by atoms with Crippen molar-refractivity contribution in [1.82, 2.24) is 0 Å². The first-order chi connectivity index (χ1) is 9.76. The van der Waals surface area contributed by atoms with Crippen LogP contribution in [0.4, 0.5) is 0 Å². The molecular weight excluding hydrogens is 252 g/mol. The van der Waals surface area contributed by atoms with Gasteiger partial charge in [-0.2, -0.15) is 0 Å². The second kappa shape index (κ2) is 26.2. The number of carbonyl (C=O) groups is 1. The van der Waals surface area contributed by atoms with E-state index >= 15 is 0 Å². The van der Waals surface area contributed by atoms with Crippen LogP contribution in [0.25, 0.3) is 0 Å². The topological polar surface area (TPSA) is 35.5 Å². The normalized spacial score (nSPS) is 9.90. The average Bonchev–Trinajstić information content (AvgIpc) is 2.49. The molecule has 0 radical (unpaired) electrons. The SMILES string of the molecule is C/C=C/CCOCC=O.C=C/C=C(\C=C)COC.CC. The number of rotatable bonds is 9. The Kier molecular flexibility index (Phi) is 30.9. The summed E-state index contributed by atoms with van der Waals surface area (Å²) < 4.78 is 9.73. The number of hydrogen-bond donors (Lipinski definition) is 0. The van der Waals surface area contributed by atoms with Crippen LogP contribution in [0.3, 0.4) is 0 Å². The molecule has 0 amide bonds. The Labute approximate surface area is 124 Å². The maximum absolute atomic E-state index is 9.69. The highest BCUT2D eigenvalue weighted by Crippen LogP contribution is 1.94. The first kappa shape index (κ1) is 23.6. The fourth-order valence-corrected chi connectivity index (χ4v) is 0.943. The van der Waals surface area contributed by atoms with Crippen molar-refractivity contribution in [2.75, 3.05) is 26.9 Å². The third-order valence-corrected chi connectivity index (χ3v) is 1.76. The van der Waals surface area contributed by atoms with E-state index in [4.69, 9.17) is 9.47 Å². The van der Waals surface area contributed by atoms with E-state index in [2.05, 4.69) is 13.2 Å². The highest BCUT2D eigenvalue weighted by atomic mass is 16.5. The molecular formula is C17H30O3. The molecule has 20 heavy (non-hydrogen) atoms. The lowest BCUT2D eigenvalue weighted by atomic mass is 10.2. The highest BCUT2D eigenvalue weighted by Gasteiger charge is 1.84. The van der Waals surface area contributed by atoms with Crippen LogP contribution in [0.15, 0.2) is 49.1 Å². The van der Waals surface area contributed by atoms with Crippen LogP contribution in [0.2, 0.25) is 0 Å². The molecule has 116 valence electrons. The first-order valence-corrected chi connectivity index (χ1v) is 6.82. The van der Waals surface area contributed by atoms with Crippen molar-refractivity contribution >= 4 is 6.29 Å². The Morgan fingerprint density at radius 3 is 2.30 bits per heavy atom. The largest absolute Gasteiger partial charge is 0.380 e. The van der Waals surface area contributed by atoms with Crippen LogP contribution >= 0.6 is 0 Å². The van der Waals surface area contributed by atoms with Crippen molar-refractivity contribution in [1.29, 1.82) is 0 Å². The Bertz CT molecular complexity index is 265. The number of carbonyl (C=O) groups excluding carboxylic acids is 1. The van der Waals surface area contributed by atoms with Gasteiger partial charge in [0, 0.05) is 7.11 Å². The molecule has 0 bridgehead atoms. The van der Waals surface area contributed by atoms with Gasteiger partial charge in [-0.3, -0.25) is 0 Å². The maximum Gasteiger partial charge on any atom is 0.145 e. The lowest BCUT2D eigenvalue weighted by Crippen LogP contribution is -1.95. The fourth-order valence-electron chi connectivity index (χ4n) is 0.943. The zero-order chi connectivity index (χ0) is 16.1. The summed E-state index contributed by atoms with van der Waals surface area (Å²) in [7, 11) is 1.65. The maximum atomic E-state index is 9.69. The van der Waals surface area contributed by atoms with E-state index in [0.717, 1.165) is 18.3 Å². The molecule has 0 fully saturated rings. The number of aldehydes is 1. The van der Waals surface area contributed by atoms with Crippen LogP contribution < -0.4 is 0 Å². The van der Waals surface area contributed by atoms with Crippen LogP contribution in [-0.4, -0.2) is 33.2 Å². The average molecular weight is 282 g/mol. The standard InChI is InChI=1S/C8H12O.C7H12O2.C2H6/c1-4-6-8(5-2)7-9-3;1-2-3-4-6-9-7-5-8;1-2/h4-6H,1-2,7H2,3H3;2-3,5H,4,6-7H2,1H3;1-2H3/b8-6+;3-2+;. The Morgan fingerprint density at radius 2 is 1.90 bits per heavy atom. The summed E-state index contributed by atoms with van der Waals surface area (Å²) in [6, 6.07) is 0. The first-order valence-electron chi connectivity index (χ1n) is 6.82. The number of methoxy groups -OCH3 is 1. The summed E-state index contributed by atoms with van der Waals surface area (Å²) in [5, 5.41) is 0. The summed E-state index contributed by atoms with van der Waals surface area (Å²) >= 11 is 0. The molecule has 0 saturated heterocycles. The van der Waals surface area contributed by atoms with Crippen LogP contribution in [0.1, 0.15) is 27.2 Å². The quantitative estimate of drug-likeness (QED) is 0.276. The third kappa shape index (κ3) is 25.4. The molecule has 0 aromatic carbocycles. The molecule has 0 aliphatic carbocycles. The molecule has 0 aliphatic heterocycles. The molecule has 0 rings (SSSR count). The van der Waals surface area contributed by atoms with Gasteiger partial charge in [-0.25, -0.2) is 0 Å². The zero-order valence-corrected chi connectivity index (χ0v) is 13.4. The van der Waals surface area contributed by atoms with E-state index in [1.807, 2.05) is 39.0 Å². The van der Waals surface area contributed by atoms with Gasteiger partial charge in [0.2, 0.25) is 0 Å². The fraction of sp³-hybridized carbons (Fsp3) is 0.471. The van der Waals surface area contributed by atoms with Gasteiger partial charge >= 0.3 is 0 Å². The molecule has 0 spiro atoms. The molecule has 0 atom stereocenters. The summed E-state index contributed by atoms with van der Waals surface area (Å²) in [6.45, 7) is 14.6. The van der Waals surface area contributed by atoms with E-state index < -0.39 is 0 Å². The van der Waals surface area contributed by atoms with Crippen molar-refractivity contribution in [3.05, 3.63) is 49.1 Å². The second-order valence-electron chi connectivity index (χ2n) is 3.21. The lowest BCUT2D eigenvalue weighted by Gasteiger charge is -1.95. The van der Waals surface area contributed by atoms with Crippen molar-refractivity contribution < 1.29 is 14.3 Å². The van der Waals surface area contributed by atoms with E-state index in [-0.39, 0.29) is 6.61 Å². The monoisotopic (exact) mass is 282 g/mol. The highest BCUT2D eigenvalue weighted by molar-refractivity contribution is 5.50. The van der Waals surface area contributed by atoms with Gasteiger partial charge in [0.25, 0.3) is 0 Å². The van der Waals surface area contributed by atoms with Gasteiger partial charge in [0.05, 0.1) is 13.2 Å². The van der Waals surface area contributed by atoms with Crippen molar-refractivity contribution in [2.45, 2.75) is 27.2 Å². The van der Waals surface area contributed by atoms with Gasteiger partial charge < -0.3 is 14.3 Å². The van der Waals surface area contributed by atoms with Crippen molar-refractivity contribution in [2.24, 2.45) is 0 Å². The molecule has 0 aliphatic rings. The predicted molar refractivity (Wildman–Crippen MR) is 88.0 cm³/mol. The minimum atomic E-state index is 0.220. The number of allylic oxidation sites excluding steroid dienone is 3. The van der Waals surface area contributed by atoms with Gasteiger partial charge in [-0.05, 0) is 18.9 Å². The van der Waals surface area contributed by atoms with E-state index in [0.29, 0.717) is 13.2 Å². The molecule has 0 aromatic rings. The van der Waals surface area contributed by atoms with E-state index in [1.54, 1.807) is 19.3 Å². The Morgan fingerprint density at radius 1 is 1.25 bits per heavy atom. The lowest BCUT2D eigenvalue weighted by molar-refractivity contribution is -0.111. The summed E-state index contributed by atoms with van der Waals surface area (Å²) in [5.41, 5.74) is 1.05. The van der Waals surface area contributed by atoms with Gasteiger partial charge in [-0.15, -0.1) is 0 Å². The van der Waals surface area contributed by atoms with Gasteiger partial charge in [0.15, 0.2) is 0 Å². The number of ether oxygens (including phenoxy) is 2. The number of hydrogen-bond acceptors (Lipinski definition) is 3. The summed E-state index contributed by atoms with van der Waals surface area (Å²) in [6.07, 6.45) is 11.0. The van der Waals surface area contributed by atoms with Crippen molar-refractivity contribution in [3.8, 4) is 0 Å². The third-order valence-electron chi connectivity index (χ3n) is 1.76. The molecule has 0 heterocycles. The Balaban J connectivity index is -0.000000257. The van der Waals surface area contributed by atoms with E-state index in [1.165, 1.54) is 0 Å². The smallest absolute Gasteiger partial charge is 0.145 e. The summed E-state index contributed by atoms with van der Waals surface area (Å²) in [4.78, 5) is 9.69. The molecule has 0 N–H and O–H groups in total. The Hall–Kier alpha value is -1.45. The summed E-state index contributed by atoms with van der Waals surface area (Å²) in [5.74, 6) is 0. The van der Waals surface area contributed by atoms with Gasteiger partial charge in [0.1, 0.15) is 12.9 Å².